The molecule has 0 aromatic heterocycles. The molecule has 11 heteroatoms. The van der Waals surface area contributed by atoms with Gasteiger partial charge in [0.25, 0.3) is 10.0 Å². The summed E-state index contributed by atoms with van der Waals surface area (Å²) >= 11 is 12.0. The maximum Gasteiger partial charge on any atom is 0.339 e. The fourth-order valence-electron chi connectivity index (χ4n) is 3.22. The van der Waals surface area contributed by atoms with Gasteiger partial charge in [-0.1, -0.05) is 23.2 Å². The molecule has 0 atom stereocenters. The van der Waals surface area contributed by atoms with Gasteiger partial charge in [0.05, 0.1) is 34.4 Å². The minimum absolute atomic E-state index is 0.0373. The predicted octanol–water partition coefficient (Wildman–Crippen LogP) is 5.40. The zero-order chi connectivity index (χ0) is 26.3. The lowest BCUT2D eigenvalue weighted by Gasteiger charge is -2.24. The van der Waals surface area contributed by atoms with Crippen molar-refractivity contribution in [2.45, 2.75) is 18.7 Å². The maximum absolute atomic E-state index is 13.5. The van der Waals surface area contributed by atoms with Gasteiger partial charge in [0.15, 0.2) is 0 Å². The van der Waals surface area contributed by atoms with E-state index >= 15 is 0 Å². The molecule has 0 radical (unpaired) electrons. The number of benzene rings is 3. The fraction of sp³-hybridized carbons (Fsp3) is 0.200. The van der Waals surface area contributed by atoms with Crippen molar-refractivity contribution in [2.75, 3.05) is 29.4 Å². The average molecular weight is 551 g/mol. The summed E-state index contributed by atoms with van der Waals surface area (Å²) in [6.07, 6.45) is 0. The number of esters is 1. The zero-order valence-corrected chi connectivity index (χ0v) is 21.9. The van der Waals surface area contributed by atoms with E-state index in [1.54, 1.807) is 31.2 Å². The Morgan fingerprint density at radius 3 is 2.19 bits per heavy atom. The van der Waals surface area contributed by atoms with Gasteiger partial charge in [-0.2, -0.15) is 0 Å². The van der Waals surface area contributed by atoms with Crippen LogP contribution in [0.1, 0.15) is 24.2 Å². The zero-order valence-electron chi connectivity index (χ0n) is 19.5. The Kier molecular flexibility index (Phi) is 9.19. The first-order valence-corrected chi connectivity index (χ1v) is 13.1. The Morgan fingerprint density at radius 1 is 0.917 bits per heavy atom. The van der Waals surface area contributed by atoms with Crippen molar-refractivity contribution in [1.82, 2.24) is 0 Å². The molecular formula is C25H24Cl2N2O6S. The number of anilines is 2. The number of carbonyl (C=O) groups is 2. The summed E-state index contributed by atoms with van der Waals surface area (Å²) in [6.45, 7) is 3.55. The summed E-state index contributed by atoms with van der Waals surface area (Å²) in [6, 6.07) is 16.3. The van der Waals surface area contributed by atoms with Gasteiger partial charge in [-0.3, -0.25) is 9.10 Å². The lowest BCUT2D eigenvalue weighted by atomic mass is 10.2. The third-order valence-electron chi connectivity index (χ3n) is 4.87. The second-order valence-electron chi connectivity index (χ2n) is 7.36. The average Bonchev–Trinajstić information content (AvgIpc) is 2.85. The highest BCUT2D eigenvalue weighted by Gasteiger charge is 2.27. The molecule has 3 rings (SSSR count). The van der Waals surface area contributed by atoms with Crippen LogP contribution in [-0.4, -0.2) is 40.1 Å². The molecule has 8 nitrogen and oxygen atoms in total. The molecule has 0 unspecified atom stereocenters. The number of nitrogens with zero attached hydrogens (tertiary/aromatic N) is 1. The van der Waals surface area contributed by atoms with Gasteiger partial charge in [-0.05, 0) is 80.6 Å². The molecule has 3 aromatic rings. The van der Waals surface area contributed by atoms with E-state index in [-0.39, 0.29) is 33.5 Å². The summed E-state index contributed by atoms with van der Waals surface area (Å²) in [5, 5.41) is 3.15. The highest BCUT2D eigenvalue weighted by Crippen LogP contribution is 2.27. The minimum Gasteiger partial charge on any atom is -0.494 e. The van der Waals surface area contributed by atoms with Crippen LogP contribution in [0.5, 0.6) is 5.75 Å². The van der Waals surface area contributed by atoms with Crippen molar-refractivity contribution in [3.63, 3.8) is 0 Å². The van der Waals surface area contributed by atoms with E-state index in [1.165, 1.54) is 42.5 Å². The van der Waals surface area contributed by atoms with Crippen LogP contribution in [0.25, 0.3) is 0 Å². The molecule has 0 heterocycles. The highest BCUT2D eigenvalue weighted by molar-refractivity contribution is 7.92. The van der Waals surface area contributed by atoms with Gasteiger partial charge in [-0.15, -0.1) is 0 Å². The third-order valence-corrected chi connectivity index (χ3v) is 7.24. The SMILES string of the molecule is CCOC(=O)c1cc(NC(=O)CN(c2ccc(OCC)cc2)S(=O)(=O)c2ccc(Cl)cc2)ccc1Cl. The Bertz CT molecular complexity index is 1330. The maximum atomic E-state index is 13.5. The number of hydrogen-bond acceptors (Lipinski definition) is 6. The molecule has 0 aliphatic carbocycles. The molecule has 0 saturated heterocycles. The van der Waals surface area contributed by atoms with Gasteiger partial charge in [-0.25, -0.2) is 13.2 Å². The summed E-state index contributed by atoms with van der Waals surface area (Å²) in [5.41, 5.74) is 0.586. The monoisotopic (exact) mass is 550 g/mol. The lowest BCUT2D eigenvalue weighted by Crippen LogP contribution is -2.38. The van der Waals surface area contributed by atoms with Gasteiger partial charge in [0.2, 0.25) is 5.91 Å². The molecule has 0 aliphatic rings. The smallest absolute Gasteiger partial charge is 0.339 e. The number of nitrogens with one attached hydrogen (secondary N) is 1. The number of rotatable bonds is 10. The Balaban J connectivity index is 1.91. The second kappa shape index (κ2) is 12.1. The highest BCUT2D eigenvalue weighted by atomic mass is 35.5. The number of carbonyl (C=O) groups excluding carboxylic acids is 2. The molecule has 0 spiro atoms. The molecule has 1 N–H and O–H groups in total. The van der Waals surface area contributed by atoms with Crippen LogP contribution in [0.2, 0.25) is 10.0 Å². The second-order valence-corrected chi connectivity index (χ2v) is 10.1. The van der Waals surface area contributed by atoms with Crippen molar-refractivity contribution in [2.24, 2.45) is 0 Å². The van der Waals surface area contributed by atoms with Crippen molar-refractivity contribution >= 4 is 56.5 Å². The third kappa shape index (κ3) is 6.69. The molecule has 3 aromatic carbocycles. The Hall–Kier alpha value is -3.27. The van der Waals surface area contributed by atoms with Crippen LogP contribution in [0.4, 0.5) is 11.4 Å². The van der Waals surface area contributed by atoms with Crippen LogP contribution in [-0.2, 0) is 19.6 Å². The molecule has 0 aliphatic heterocycles. The molecule has 36 heavy (non-hydrogen) atoms. The van der Waals surface area contributed by atoms with Crippen molar-refractivity contribution in [1.29, 1.82) is 0 Å². The van der Waals surface area contributed by atoms with Crippen LogP contribution in [0.3, 0.4) is 0 Å². The fourth-order valence-corrected chi connectivity index (χ4v) is 4.97. The molecular weight excluding hydrogens is 527 g/mol. The van der Waals surface area contributed by atoms with Crippen LogP contribution in [0, 0.1) is 0 Å². The number of sulfonamides is 1. The first-order valence-electron chi connectivity index (χ1n) is 10.9. The van der Waals surface area contributed by atoms with E-state index in [4.69, 9.17) is 32.7 Å². The van der Waals surface area contributed by atoms with Crippen LogP contribution >= 0.6 is 23.2 Å². The minimum atomic E-state index is -4.14. The number of amides is 1. The van der Waals surface area contributed by atoms with Gasteiger partial charge < -0.3 is 14.8 Å². The molecule has 0 bridgehead atoms. The van der Waals surface area contributed by atoms with E-state index in [0.717, 1.165) is 4.31 Å². The van der Waals surface area contributed by atoms with Gasteiger partial charge >= 0.3 is 5.97 Å². The summed E-state index contributed by atoms with van der Waals surface area (Å²) < 4.78 is 38.4. The first kappa shape index (κ1) is 27.3. The van der Waals surface area contributed by atoms with Crippen molar-refractivity contribution in [3.05, 3.63) is 82.3 Å². The molecule has 190 valence electrons. The topological polar surface area (TPSA) is 102 Å². The van der Waals surface area contributed by atoms with Crippen molar-refractivity contribution in [3.8, 4) is 5.75 Å². The largest absolute Gasteiger partial charge is 0.494 e. The Labute approximate surface area is 219 Å². The summed E-state index contributed by atoms with van der Waals surface area (Å²) in [7, 11) is -4.14. The van der Waals surface area contributed by atoms with Crippen LogP contribution < -0.4 is 14.4 Å². The quantitative estimate of drug-likeness (QED) is 0.339. The van der Waals surface area contributed by atoms with E-state index in [1.807, 2.05) is 6.92 Å². The summed E-state index contributed by atoms with van der Waals surface area (Å²) in [4.78, 5) is 25.1. The van der Waals surface area contributed by atoms with E-state index < -0.39 is 28.4 Å². The number of hydrogen-bond donors (Lipinski definition) is 1. The lowest BCUT2D eigenvalue weighted by molar-refractivity contribution is -0.114. The van der Waals surface area contributed by atoms with Crippen LogP contribution in [0.15, 0.2) is 71.6 Å². The normalized spacial score (nSPS) is 11.0. The number of halogens is 2. The first-order chi connectivity index (χ1) is 17.1. The van der Waals surface area contributed by atoms with E-state index in [9.17, 15) is 18.0 Å². The van der Waals surface area contributed by atoms with Gasteiger partial charge in [0.1, 0.15) is 12.3 Å². The van der Waals surface area contributed by atoms with E-state index in [0.29, 0.717) is 17.4 Å². The standard InChI is InChI=1S/C25H24Cl2N2O6S/c1-3-34-20-10-8-19(9-11-20)29(36(32,33)21-12-5-17(26)6-13-21)16-24(30)28-18-7-14-23(27)22(15-18)25(31)35-4-2/h5-15H,3-4,16H2,1-2H3,(H,28,30). The van der Waals surface area contributed by atoms with E-state index in [2.05, 4.69) is 5.32 Å². The molecule has 0 saturated carbocycles. The van der Waals surface area contributed by atoms with Gasteiger partial charge in [0, 0.05) is 10.7 Å². The molecule has 0 fully saturated rings. The Morgan fingerprint density at radius 2 is 1.58 bits per heavy atom. The number of ether oxygens (including phenoxy) is 2. The predicted molar refractivity (Wildman–Crippen MR) is 140 cm³/mol. The van der Waals surface area contributed by atoms with Crippen molar-refractivity contribution < 1.29 is 27.5 Å². The molecule has 1 amide bonds. The summed E-state index contributed by atoms with van der Waals surface area (Å²) in [5.74, 6) is -0.722.